The van der Waals surface area contributed by atoms with Crippen LogP contribution in [-0.4, -0.2) is 35.9 Å². The molecule has 0 radical (unpaired) electrons. The Kier molecular flexibility index (Phi) is 17.6. The van der Waals surface area contributed by atoms with Crippen molar-refractivity contribution >= 4 is 11.8 Å². The van der Waals surface area contributed by atoms with E-state index in [0.29, 0.717) is 6.61 Å². The molecule has 0 bridgehead atoms. The van der Waals surface area contributed by atoms with Gasteiger partial charge in [0, 0.05) is 12.4 Å². The maximum atomic E-state index is 9.60. The Hall–Kier alpha value is 0.270. The van der Waals surface area contributed by atoms with Gasteiger partial charge in [0.25, 0.3) is 0 Å². The van der Waals surface area contributed by atoms with E-state index in [9.17, 15) is 5.11 Å². The largest absolute Gasteiger partial charge is 0.390 e. The molecule has 3 heteroatoms. The SMILES string of the molecule is CCCCCCCCCCCCOCC(O)CSCC. The summed E-state index contributed by atoms with van der Waals surface area (Å²) in [6.07, 6.45) is 13.2. The van der Waals surface area contributed by atoms with Gasteiger partial charge in [0.15, 0.2) is 0 Å². The van der Waals surface area contributed by atoms with E-state index in [0.717, 1.165) is 24.5 Å². The fourth-order valence-corrected chi connectivity index (χ4v) is 2.82. The predicted octanol–water partition coefficient (Wildman–Crippen LogP) is 5.04. The second kappa shape index (κ2) is 17.3. The molecule has 0 aliphatic heterocycles. The number of hydrogen-bond acceptors (Lipinski definition) is 3. The summed E-state index contributed by atoms with van der Waals surface area (Å²) in [5.74, 6) is 1.87. The molecule has 122 valence electrons. The van der Waals surface area contributed by atoms with Crippen LogP contribution in [0.2, 0.25) is 0 Å². The number of thioether (sulfide) groups is 1. The van der Waals surface area contributed by atoms with Crippen molar-refractivity contribution in [2.75, 3.05) is 24.7 Å². The average molecular weight is 305 g/mol. The highest BCUT2D eigenvalue weighted by Gasteiger charge is 2.03. The predicted molar refractivity (Wildman–Crippen MR) is 91.7 cm³/mol. The lowest BCUT2D eigenvalue weighted by molar-refractivity contribution is 0.0468. The van der Waals surface area contributed by atoms with Gasteiger partial charge >= 0.3 is 0 Å². The highest BCUT2D eigenvalue weighted by molar-refractivity contribution is 7.99. The maximum absolute atomic E-state index is 9.60. The molecular formula is C17H36O2S. The molecule has 1 unspecified atom stereocenters. The molecule has 0 heterocycles. The smallest absolute Gasteiger partial charge is 0.0863 e. The highest BCUT2D eigenvalue weighted by atomic mass is 32.2. The fraction of sp³-hybridized carbons (Fsp3) is 1.00. The van der Waals surface area contributed by atoms with Gasteiger partial charge in [-0.1, -0.05) is 71.6 Å². The topological polar surface area (TPSA) is 29.5 Å². The summed E-state index contributed by atoms with van der Waals surface area (Å²) < 4.78 is 5.50. The molecule has 0 aromatic rings. The molecule has 1 N–H and O–H groups in total. The fourth-order valence-electron chi connectivity index (χ4n) is 2.21. The molecule has 0 saturated carbocycles. The zero-order chi connectivity index (χ0) is 14.9. The van der Waals surface area contributed by atoms with Crippen molar-refractivity contribution < 1.29 is 9.84 Å². The van der Waals surface area contributed by atoms with E-state index in [-0.39, 0.29) is 6.10 Å². The number of hydrogen-bond donors (Lipinski definition) is 1. The van der Waals surface area contributed by atoms with Gasteiger partial charge in [0.05, 0.1) is 12.7 Å². The molecule has 0 rings (SSSR count). The number of aliphatic hydroxyl groups excluding tert-OH is 1. The summed E-state index contributed by atoms with van der Waals surface area (Å²) >= 11 is 1.77. The van der Waals surface area contributed by atoms with E-state index in [1.807, 2.05) is 0 Å². The van der Waals surface area contributed by atoms with Crippen molar-refractivity contribution in [1.82, 2.24) is 0 Å². The van der Waals surface area contributed by atoms with Gasteiger partial charge in [-0.15, -0.1) is 0 Å². The van der Waals surface area contributed by atoms with Crippen molar-refractivity contribution in [3.8, 4) is 0 Å². The van der Waals surface area contributed by atoms with Crippen LogP contribution in [0.4, 0.5) is 0 Å². The van der Waals surface area contributed by atoms with E-state index in [1.54, 1.807) is 11.8 Å². The molecule has 0 spiro atoms. The number of ether oxygens (including phenoxy) is 1. The van der Waals surface area contributed by atoms with Crippen LogP contribution < -0.4 is 0 Å². The highest BCUT2D eigenvalue weighted by Crippen LogP contribution is 2.10. The molecule has 1 atom stereocenters. The van der Waals surface area contributed by atoms with Gasteiger partial charge in [-0.05, 0) is 12.2 Å². The molecule has 0 aromatic heterocycles. The summed E-state index contributed by atoms with van der Waals surface area (Å²) in [5.41, 5.74) is 0. The van der Waals surface area contributed by atoms with Gasteiger partial charge in [0.2, 0.25) is 0 Å². The summed E-state index contributed by atoms with van der Waals surface area (Å²) in [5, 5.41) is 9.60. The van der Waals surface area contributed by atoms with E-state index in [1.165, 1.54) is 57.8 Å². The maximum Gasteiger partial charge on any atom is 0.0863 e. The number of aliphatic hydroxyl groups is 1. The van der Waals surface area contributed by atoms with Crippen LogP contribution >= 0.6 is 11.8 Å². The van der Waals surface area contributed by atoms with Gasteiger partial charge in [-0.3, -0.25) is 0 Å². The average Bonchev–Trinajstić information content (AvgIpc) is 2.46. The molecule has 0 saturated heterocycles. The molecule has 2 nitrogen and oxygen atoms in total. The van der Waals surface area contributed by atoms with Gasteiger partial charge in [-0.2, -0.15) is 11.8 Å². The Labute approximate surface area is 131 Å². The standard InChI is InChI=1S/C17H36O2S/c1-3-5-6-7-8-9-10-11-12-13-14-19-15-17(18)16-20-4-2/h17-18H,3-16H2,1-2H3. The van der Waals surface area contributed by atoms with E-state index < -0.39 is 0 Å². The molecule has 0 aromatic carbocycles. The Morgan fingerprint density at radius 2 is 1.40 bits per heavy atom. The molecule has 0 aliphatic rings. The normalized spacial score (nSPS) is 12.8. The molecular weight excluding hydrogens is 268 g/mol. The zero-order valence-electron chi connectivity index (χ0n) is 13.7. The third-order valence-corrected chi connectivity index (χ3v) is 4.50. The number of rotatable bonds is 16. The van der Waals surface area contributed by atoms with Crippen molar-refractivity contribution in [3.63, 3.8) is 0 Å². The van der Waals surface area contributed by atoms with Crippen molar-refractivity contribution in [2.24, 2.45) is 0 Å². The Morgan fingerprint density at radius 3 is 1.95 bits per heavy atom. The van der Waals surface area contributed by atoms with Crippen LogP contribution in [-0.2, 0) is 4.74 Å². The Balaban J connectivity index is 3.02. The van der Waals surface area contributed by atoms with Gasteiger partial charge in [-0.25, -0.2) is 0 Å². The Bertz CT molecular complexity index is 176. The first-order chi connectivity index (χ1) is 9.81. The van der Waals surface area contributed by atoms with E-state index in [4.69, 9.17) is 4.74 Å². The minimum atomic E-state index is -0.289. The zero-order valence-corrected chi connectivity index (χ0v) is 14.6. The van der Waals surface area contributed by atoms with Crippen LogP contribution in [0.1, 0.15) is 78.1 Å². The van der Waals surface area contributed by atoms with Crippen molar-refractivity contribution in [3.05, 3.63) is 0 Å². The van der Waals surface area contributed by atoms with Gasteiger partial charge < -0.3 is 9.84 Å². The van der Waals surface area contributed by atoms with Crippen molar-refractivity contribution in [1.29, 1.82) is 0 Å². The van der Waals surface area contributed by atoms with Crippen LogP contribution in [0.5, 0.6) is 0 Å². The molecule has 0 fully saturated rings. The number of unbranched alkanes of at least 4 members (excludes halogenated alkanes) is 9. The second-order valence-electron chi connectivity index (χ2n) is 5.57. The first-order valence-corrected chi connectivity index (χ1v) is 9.80. The monoisotopic (exact) mass is 304 g/mol. The second-order valence-corrected chi connectivity index (χ2v) is 6.89. The third kappa shape index (κ3) is 16.3. The molecule has 20 heavy (non-hydrogen) atoms. The molecule has 0 amide bonds. The summed E-state index contributed by atoms with van der Waals surface area (Å²) in [4.78, 5) is 0. The quantitative estimate of drug-likeness (QED) is 0.405. The summed E-state index contributed by atoms with van der Waals surface area (Å²) in [6, 6.07) is 0. The minimum Gasteiger partial charge on any atom is -0.390 e. The van der Waals surface area contributed by atoms with Crippen molar-refractivity contribution in [2.45, 2.75) is 84.2 Å². The molecule has 0 aliphatic carbocycles. The summed E-state index contributed by atoms with van der Waals surface area (Å²) in [6.45, 7) is 5.69. The van der Waals surface area contributed by atoms with E-state index in [2.05, 4.69) is 13.8 Å². The minimum absolute atomic E-state index is 0.289. The summed E-state index contributed by atoms with van der Waals surface area (Å²) in [7, 11) is 0. The first kappa shape index (κ1) is 20.3. The van der Waals surface area contributed by atoms with Crippen LogP contribution in [0.25, 0.3) is 0 Å². The van der Waals surface area contributed by atoms with Crippen LogP contribution in [0.15, 0.2) is 0 Å². The van der Waals surface area contributed by atoms with Crippen LogP contribution in [0, 0.1) is 0 Å². The van der Waals surface area contributed by atoms with Gasteiger partial charge in [0.1, 0.15) is 0 Å². The Morgan fingerprint density at radius 1 is 0.850 bits per heavy atom. The lowest BCUT2D eigenvalue weighted by Gasteiger charge is -2.10. The lowest BCUT2D eigenvalue weighted by Crippen LogP contribution is -2.18. The third-order valence-electron chi connectivity index (χ3n) is 3.47. The van der Waals surface area contributed by atoms with Crippen LogP contribution in [0.3, 0.4) is 0 Å². The lowest BCUT2D eigenvalue weighted by atomic mass is 10.1. The van der Waals surface area contributed by atoms with E-state index >= 15 is 0 Å². The first-order valence-electron chi connectivity index (χ1n) is 8.64.